The first kappa shape index (κ1) is 28.6. The van der Waals surface area contributed by atoms with Crippen molar-refractivity contribution < 1.29 is 30.9 Å². The van der Waals surface area contributed by atoms with Crippen LogP contribution in [0, 0.1) is 0 Å². The van der Waals surface area contributed by atoms with Gasteiger partial charge in [0.15, 0.2) is 0 Å². The first-order chi connectivity index (χ1) is 16.4. The molecule has 0 aliphatic carbocycles. The van der Waals surface area contributed by atoms with E-state index in [1.165, 1.54) is 5.69 Å². The molecule has 10 nitrogen and oxygen atoms in total. The molecule has 1 heterocycles. The van der Waals surface area contributed by atoms with Gasteiger partial charge in [-0.25, -0.2) is 13.0 Å². The van der Waals surface area contributed by atoms with Gasteiger partial charge in [0.2, 0.25) is 10.4 Å². The van der Waals surface area contributed by atoms with Crippen LogP contribution in [0.1, 0.15) is 6.92 Å². The second kappa shape index (κ2) is 12.4. The zero-order chi connectivity index (χ0) is 26.2. The van der Waals surface area contributed by atoms with E-state index in [2.05, 4.69) is 64.1 Å². The van der Waals surface area contributed by atoms with Crippen molar-refractivity contribution in [2.24, 2.45) is 17.3 Å². The van der Waals surface area contributed by atoms with Crippen molar-refractivity contribution >= 4 is 48.5 Å². The van der Waals surface area contributed by atoms with Crippen molar-refractivity contribution in [2.45, 2.75) is 6.92 Å². The summed E-state index contributed by atoms with van der Waals surface area (Å²) >= 11 is 1.61. The predicted molar refractivity (Wildman–Crippen MR) is 138 cm³/mol. The lowest BCUT2D eigenvalue weighted by Crippen LogP contribution is -2.42. The van der Waals surface area contributed by atoms with Gasteiger partial charge in [0.05, 0.1) is 65.3 Å². The number of hydrogen-bond donors (Lipinski definition) is 0. The van der Waals surface area contributed by atoms with E-state index in [0.717, 1.165) is 58.0 Å². The highest BCUT2D eigenvalue weighted by Gasteiger charge is 2.17. The fraction of sp³-hybridized carbons (Fsp3) is 0.435. The summed E-state index contributed by atoms with van der Waals surface area (Å²) in [6, 6.07) is 14.4. The number of likely N-dealkylation sites (N-methyl/N-ethyl adjacent to an activating group) is 2. The lowest BCUT2D eigenvalue weighted by molar-refractivity contribution is -0.868. The normalized spacial score (nSPS) is 12.0. The van der Waals surface area contributed by atoms with Crippen LogP contribution >= 0.6 is 11.3 Å². The SMILES string of the molecule is CCN(CC[N+](C)(C)C)c1ccc(N=Nc2sc3cc(OC)ccc3[n+]2C)cc1.COS(=O)(=O)[O-]. The highest BCUT2D eigenvalue weighted by molar-refractivity contribution is 7.80. The van der Waals surface area contributed by atoms with E-state index in [1.54, 1.807) is 18.4 Å². The van der Waals surface area contributed by atoms with Crippen LogP contribution in [0.25, 0.3) is 10.2 Å². The Bertz CT molecular complexity index is 1240. The maximum Gasteiger partial charge on any atom is 0.409 e. The van der Waals surface area contributed by atoms with Crippen molar-refractivity contribution in [2.75, 3.05) is 59.9 Å². The van der Waals surface area contributed by atoms with Crippen molar-refractivity contribution in [3.8, 4) is 5.75 Å². The molecule has 12 heteroatoms. The Kier molecular flexibility index (Phi) is 10.1. The molecule has 0 unspecified atom stereocenters. The van der Waals surface area contributed by atoms with Crippen LogP contribution in [0.4, 0.5) is 16.5 Å². The van der Waals surface area contributed by atoms with E-state index in [9.17, 15) is 13.0 Å². The molecule has 0 saturated carbocycles. The molecule has 35 heavy (non-hydrogen) atoms. The molecule has 0 aliphatic rings. The number of rotatable bonds is 9. The standard InChI is InChI=1S/C22H31N5OS.CH4O4S/c1-7-26(14-15-27(3,4)5)18-10-8-17(9-11-18)23-24-22-25(2)20-13-12-19(28-6)16-21(20)29-22;1-5-6(2,3)4/h8-13,16H,7,14-15H2,1-6H3;1H3,(H,2,3,4)/q+2;/p-1. The maximum atomic E-state index is 9.22. The van der Waals surface area contributed by atoms with Crippen molar-refractivity contribution in [3.05, 3.63) is 42.5 Å². The van der Waals surface area contributed by atoms with Gasteiger partial charge in [-0.2, -0.15) is 0 Å². The summed E-state index contributed by atoms with van der Waals surface area (Å²) in [7, 11) is 6.76. The first-order valence-electron chi connectivity index (χ1n) is 10.9. The van der Waals surface area contributed by atoms with E-state index in [0.29, 0.717) is 0 Å². The van der Waals surface area contributed by atoms with Gasteiger partial charge >= 0.3 is 5.13 Å². The predicted octanol–water partition coefficient (Wildman–Crippen LogP) is 3.78. The van der Waals surface area contributed by atoms with Gasteiger partial charge in [-0.3, -0.25) is 4.18 Å². The second-order valence-corrected chi connectivity index (χ2v) is 10.8. The topological polar surface area (TPSA) is 108 Å². The summed E-state index contributed by atoms with van der Waals surface area (Å²) in [5.74, 6) is 0.851. The zero-order valence-corrected chi connectivity index (χ0v) is 22.9. The lowest BCUT2D eigenvalue weighted by Gasteiger charge is -2.29. The molecule has 192 valence electrons. The molecule has 0 radical (unpaired) electrons. The molecule has 0 fully saturated rings. The van der Waals surface area contributed by atoms with Crippen LogP contribution < -0.4 is 14.2 Å². The minimum Gasteiger partial charge on any atom is -0.726 e. The van der Waals surface area contributed by atoms with E-state index in [-0.39, 0.29) is 0 Å². The first-order valence-corrected chi connectivity index (χ1v) is 13.1. The lowest BCUT2D eigenvalue weighted by atomic mass is 10.2. The van der Waals surface area contributed by atoms with Crippen LogP contribution in [0.2, 0.25) is 0 Å². The second-order valence-electron chi connectivity index (χ2n) is 8.66. The highest BCUT2D eigenvalue weighted by atomic mass is 32.3. The third-order valence-electron chi connectivity index (χ3n) is 5.11. The fourth-order valence-electron chi connectivity index (χ4n) is 3.06. The minimum absolute atomic E-state index is 0.808. The molecule has 2 aromatic carbocycles. The molecule has 0 bridgehead atoms. The molecule has 0 saturated heterocycles. The van der Waals surface area contributed by atoms with E-state index < -0.39 is 10.4 Å². The molecule has 0 amide bonds. The molecule has 3 aromatic rings. The molecule has 3 rings (SSSR count). The number of aryl methyl sites for hydroxylation is 1. The van der Waals surface area contributed by atoms with Gasteiger partial charge in [0.1, 0.15) is 17.0 Å². The summed E-state index contributed by atoms with van der Waals surface area (Å²) in [6.07, 6.45) is 0. The smallest absolute Gasteiger partial charge is 0.409 e. The number of ether oxygens (including phenoxy) is 1. The molecule has 0 spiro atoms. The monoisotopic (exact) mass is 524 g/mol. The van der Waals surface area contributed by atoms with Crippen LogP contribution in [0.15, 0.2) is 52.7 Å². The number of methoxy groups -OCH3 is 1. The molecule has 0 N–H and O–H groups in total. The Balaban J connectivity index is 0.000000641. The molecular formula is C23H34N5O5S2+. The van der Waals surface area contributed by atoms with Gasteiger partial charge in [-0.05, 0) is 59.8 Å². The van der Waals surface area contributed by atoms with Gasteiger partial charge in [0, 0.05) is 18.3 Å². The molecule has 1 aromatic heterocycles. The Morgan fingerprint density at radius 1 is 1.09 bits per heavy atom. The number of fused-ring (bicyclic) bond motifs is 1. The number of quaternary nitrogens is 1. The van der Waals surface area contributed by atoms with Crippen LogP contribution in [0.3, 0.4) is 0 Å². The van der Waals surface area contributed by atoms with Gasteiger partial charge in [-0.15, -0.1) is 0 Å². The number of benzene rings is 2. The van der Waals surface area contributed by atoms with Gasteiger partial charge in [-0.1, -0.05) is 0 Å². The summed E-state index contributed by atoms with van der Waals surface area (Å²) in [6.45, 7) is 5.31. The van der Waals surface area contributed by atoms with Crippen molar-refractivity contribution in [1.29, 1.82) is 0 Å². The van der Waals surface area contributed by atoms with E-state index in [1.807, 2.05) is 37.4 Å². The zero-order valence-electron chi connectivity index (χ0n) is 21.3. The largest absolute Gasteiger partial charge is 0.726 e. The summed E-state index contributed by atoms with van der Waals surface area (Å²) < 4.78 is 40.5. The fourth-order valence-corrected chi connectivity index (χ4v) is 4.06. The number of anilines is 1. The third-order valence-corrected chi connectivity index (χ3v) is 6.60. The third kappa shape index (κ3) is 9.15. The Morgan fingerprint density at radius 3 is 2.23 bits per heavy atom. The number of thiazole rings is 1. The average molecular weight is 525 g/mol. The number of azo groups is 1. The number of hydrogen-bond acceptors (Lipinski definition) is 9. The number of aromatic nitrogens is 1. The summed E-state index contributed by atoms with van der Waals surface area (Å²) in [5.41, 5.74) is 3.20. The van der Waals surface area contributed by atoms with Crippen molar-refractivity contribution in [3.63, 3.8) is 0 Å². The maximum absolute atomic E-state index is 9.22. The Morgan fingerprint density at radius 2 is 1.71 bits per heavy atom. The van der Waals surface area contributed by atoms with E-state index in [4.69, 9.17) is 4.74 Å². The van der Waals surface area contributed by atoms with Crippen LogP contribution in [-0.4, -0.2) is 72.5 Å². The van der Waals surface area contributed by atoms with Crippen LogP contribution in [-0.2, 0) is 21.6 Å². The average Bonchev–Trinajstić information content (AvgIpc) is 3.12. The van der Waals surface area contributed by atoms with Crippen LogP contribution in [0.5, 0.6) is 5.75 Å². The quantitative estimate of drug-likeness (QED) is 0.139. The highest BCUT2D eigenvalue weighted by Crippen LogP contribution is 2.30. The minimum atomic E-state index is -4.41. The molecule has 0 aliphatic heterocycles. The van der Waals surface area contributed by atoms with Gasteiger partial charge in [0.25, 0.3) is 0 Å². The Hall–Kier alpha value is -2.64. The van der Waals surface area contributed by atoms with E-state index >= 15 is 0 Å². The van der Waals surface area contributed by atoms with Gasteiger partial charge < -0.3 is 18.7 Å². The van der Waals surface area contributed by atoms with Crippen molar-refractivity contribution in [1.82, 2.24) is 0 Å². The molecular weight excluding hydrogens is 490 g/mol. The summed E-state index contributed by atoms with van der Waals surface area (Å²) in [4.78, 5) is 2.39. The molecule has 0 atom stereocenters. The summed E-state index contributed by atoms with van der Waals surface area (Å²) in [5, 5.41) is 9.79. The Labute approximate surface area is 211 Å². The number of nitrogens with zero attached hydrogens (tertiary/aromatic N) is 5.